The molecule has 0 radical (unpaired) electrons. The first-order valence-corrected chi connectivity index (χ1v) is 15.1. The maximum Gasteiger partial charge on any atom is 0.435 e. The molecule has 3 nitrogen and oxygen atoms in total. The van der Waals surface area contributed by atoms with Crippen LogP contribution in [-0.2, 0) is 15.9 Å². The number of hydrogen-bond donors (Lipinski definition) is 0. The highest BCUT2D eigenvalue weighted by Gasteiger charge is 2.85. The van der Waals surface area contributed by atoms with E-state index in [1.165, 1.54) is 11.1 Å². The van der Waals surface area contributed by atoms with E-state index >= 15 is 0 Å². The lowest BCUT2D eigenvalue weighted by Gasteiger charge is -2.50. The van der Waals surface area contributed by atoms with Crippen LogP contribution < -0.4 is 4.74 Å². The summed E-state index contributed by atoms with van der Waals surface area (Å²) in [6.45, 7) is 5.47. The topological polar surface area (TPSA) is 27.7 Å². The molecule has 0 aliphatic heterocycles. The Bertz CT molecular complexity index is 1050. The summed E-state index contributed by atoms with van der Waals surface area (Å²) in [4.78, 5) is 0. The highest BCUT2D eigenvalue weighted by Crippen LogP contribution is 2.62. The molecule has 0 spiro atoms. The number of halogens is 9. The molecule has 4 rings (SSSR count). The highest BCUT2D eigenvalue weighted by molar-refractivity contribution is 5.40. The fraction of sp³-hybridized carbons (Fsp3) is 0.806. The lowest BCUT2D eigenvalue weighted by Crippen LogP contribution is -2.67. The van der Waals surface area contributed by atoms with Gasteiger partial charge < -0.3 is 14.2 Å². The average molecular weight is 633 g/mol. The van der Waals surface area contributed by atoms with Gasteiger partial charge in [-0.15, -0.1) is 0 Å². The zero-order valence-electron chi connectivity index (χ0n) is 24.7. The maximum absolute atomic E-state index is 13.1. The highest BCUT2D eigenvalue weighted by atomic mass is 19.4. The molecule has 3 aliphatic carbocycles. The number of fused-ring (bicyclic) bond motifs is 5. The van der Waals surface area contributed by atoms with Gasteiger partial charge in [-0.1, -0.05) is 26.8 Å². The fourth-order valence-electron chi connectivity index (χ4n) is 7.79. The summed E-state index contributed by atoms with van der Waals surface area (Å²) in [5.41, 5.74) is -3.82. The molecular weight excluding hydrogens is 591 g/mol. The van der Waals surface area contributed by atoms with Crippen LogP contribution in [0.2, 0.25) is 0 Å². The average Bonchev–Trinajstić information content (AvgIpc) is 3.22. The van der Waals surface area contributed by atoms with E-state index < -0.39 is 37.2 Å². The van der Waals surface area contributed by atoms with Gasteiger partial charge in [-0.25, -0.2) is 0 Å². The molecule has 0 bridgehead atoms. The third-order valence-electron chi connectivity index (χ3n) is 9.93. The van der Waals surface area contributed by atoms with Gasteiger partial charge in [0.25, 0.3) is 0 Å². The molecule has 2 saturated carbocycles. The molecule has 2 fully saturated rings. The molecule has 5 unspecified atom stereocenters. The summed E-state index contributed by atoms with van der Waals surface area (Å²) < 4.78 is 133. The van der Waals surface area contributed by atoms with Gasteiger partial charge in [0.15, 0.2) is 0 Å². The molecule has 0 N–H and O–H groups in total. The van der Waals surface area contributed by atoms with Gasteiger partial charge in [-0.2, -0.15) is 39.5 Å². The normalized spacial score (nSPS) is 28.0. The van der Waals surface area contributed by atoms with Gasteiger partial charge in [-0.3, -0.25) is 0 Å². The third-order valence-corrected chi connectivity index (χ3v) is 9.93. The first-order valence-electron chi connectivity index (χ1n) is 15.1. The van der Waals surface area contributed by atoms with Crippen LogP contribution in [-0.4, -0.2) is 50.1 Å². The second-order valence-corrected chi connectivity index (χ2v) is 13.0. The van der Waals surface area contributed by atoms with Crippen molar-refractivity contribution in [3.05, 3.63) is 29.3 Å². The predicted octanol–water partition coefficient (Wildman–Crippen LogP) is 9.58. The molecule has 5 atom stereocenters. The van der Waals surface area contributed by atoms with Crippen molar-refractivity contribution in [3.8, 4) is 5.75 Å². The van der Waals surface area contributed by atoms with Crippen molar-refractivity contribution in [3.63, 3.8) is 0 Å². The van der Waals surface area contributed by atoms with Crippen molar-refractivity contribution in [1.29, 1.82) is 0 Å². The smallest absolute Gasteiger partial charge is 0.435 e. The number of hydrogen-bond acceptors (Lipinski definition) is 3. The van der Waals surface area contributed by atoms with Crippen LogP contribution in [0.15, 0.2) is 18.2 Å². The number of rotatable bonds is 11. The van der Waals surface area contributed by atoms with Crippen LogP contribution in [0.3, 0.4) is 0 Å². The van der Waals surface area contributed by atoms with Crippen molar-refractivity contribution in [2.45, 2.75) is 115 Å². The van der Waals surface area contributed by atoms with E-state index in [1.807, 2.05) is 6.07 Å². The second kappa shape index (κ2) is 12.6. The molecule has 43 heavy (non-hydrogen) atoms. The molecule has 0 amide bonds. The Hall–Kier alpha value is -1.69. The lowest BCUT2D eigenvalue weighted by molar-refractivity contribution is -0.457. The lowest BCUT2D eigenvalue weighted by atomic mass is 9.55. The summed E-state index contributed by atoms with van der Waals surface area (Å²) in [5.74, 6) is 2.67. The summed E-state index contributed by atoms with van der Waals surface area (Å²) in [7, 11) is 0. The Morgan fingerprint density at radius 2 is 1.51 bits per heavy atom. The summed E-state index contributed by atoms with van der Waals surface area (Å²) >= 11 is 0. The van der Waals surface area contributed by atoms with E-state index in [0.29, 0.717) is 36.7 Å². The monoisotopic (exact) mass is 632 g/mol. The summed E-state index contributed by atoms with van der Waals surface area (Å²) in [6, 6.07) is 6.37. The van der Waals surface area contributed by atoms with Crippen molar-refractivity contribution in [2.24, 2.45) is 23.2 Å². The van der Waals surface area contributed by atoms with E-state index in [2.05, 4.69) is 37.6 Å². The minimum absolute atomic E-state index is 0.230. The van der Waals surface area contributed by atoms with Gasteiger partial charge in [-0.05, 0) is 110 Å². The van der Waals surface area contributed by atoms with E-state index in [9.17, 15) is 39.5 Å². The van der Waals surface area contributed by atoms with Gasteiger partial charge >= 0.3 is 24.1 Å². The molecule has 0 saturated heterocycles. The van der Waals surface area contributed by atoms with Crippen LogP contribution in [0.25, 0.3) is 0 Å². The maximum atomic E-state index is 13.1. The van der Waals surface area contributed by atoms with Gasteiger partial charge in [0.1, 0.15) is 5.75 Å². The van der Waals surface area contributed by atoms with Crippen molar-refractivity contribution >= 4 is 0 Å². The number of benzene rings is 1. The number of alkyl halides is 9. The first kappa shape index (κ1) is 34.2. The van der Waals surface area contributed by atoms with Gasteiger partial charge in [0.05, 0.1) is 19.3 Å². The Balaban J connectivity index is 1.33. The predicted molar refractivity (Wildman–Crippen MR) is 142 cm³/mol. The van der Waals surface area contributed by atoms with E-state index in [-0.39, 0.29) is 18.1 Å². The fourth-order valence-corrected chi connectivity index (χ4v) is 7.79. The molecule has 0 aromatic heterocycles. The molecule has 12 heteroatoms. The van der Waals surface area contributed by atoms with E-state index in [0.717, 1.165) is 50.7 Å². The van der Waals surface area contributed by atoms with Crippen molar-refractivity contribution in [2.75, 3.05) is 19.8 Å². The summed E-state index contributed by atoms with van der Waals surface area (Å²) in [6.07, 6.45) is -13.6. The zero-order chi connectivity index (χ0) is 31.8. The standard InChI is InChI=1S/C31H41F9O3/c1-19(2)6-4-15-41-21-8-10-22-20(18-21)7-9-24-23(22)13-14-27(3)25(24)11-12-26(27)42-16-5-17-43-28(29(32,33)34,30(35,36)37)31(38,39)40/h8,10,18-19,23-26H,4-7,9,11-17H2,1-3H3. The minimum Gasteiger partial charge on any atom is -0.494 e. The quantitative estimate of drug-likeness (QED) is 0.180. The Labute approximate surface area is 246 Å². The Kier molecular flexibility index (Phi) is 10.0. The Morgan fingerprint density at radius 1 is 0.837 bits per heavy atom. The summed E-state index contributed by atoms with van der Waals surface area (Å²) in [5, 5.41) is 0. The van der Waals surface area contributed by atoms with E-state index in [4.69, 9.17) is 9.47 Å². The number of aryl methyl sites for hydroxylation is 1. The molecule has 246 valence electrons. The van der Waals surface area contributed by atoms with Crippen LogP contribution >= 0.6 is 0 Å². The van der Waals surface area contributed by atoms with Crippen LogP contribution in [0.5, 0.6) is 5.75 Å². The van der Waals surface area contributed by atoms with Gasteiger partial charge in [0.2, 0.25) is 0 Å². The van der Waals surface area contributed by atoms with Crippen LogP contribution in [0.4, 0.5) is 39.5 Å². The molecule has 1 aromatic rings. The van der Waals surface area contributed by atoms with Crippen LogP contribution in [0, 0.1) is 23.2 Å². The number of ether oxygens (including phenoxy) is 3. The Morgan fingerprint density at radius 3 is 2.14 bits per heavy atom. The van der Waals surface area contributed by atoms with E-state index in [1.54, 1.807) is 0 Å². The zero-order valence-corrected chi connectivity index (χ0v) is 24.7. The first-order chi connectivity index (χ1) is 19.9. The third kappa shape index (κ3) is 6.65. The molecule has 0 heterocycles. The van der Waals surface area contributed by atoms with Crippen molar-refractivity contribution < 1.29 is 53.7 Å². The van der Waals surface area contributed by atoms with Crippen molar-refractivity contribution in [1.82, 2.24) is 0 Å². The van der Waals surface area contributed by atoms with Crippen LogP contribution in [0.1, 0.15) is 89.2 Å². The second-order valence-electron chi connectivity index (χ2n) is 13.0. The van der Waals surface area contributed by atoms with Gasteiger partial charge in [0, 0.05) is 6.61 Å². The molecular formula is C31H41F9O3. The SMILES string of the molecule is CC(C)CCCOc1ccc2c(c1)CCC1C2CCC2(C)C(OCCCOC(C(F)(F)F)(C(F)(F)F)C(F)(F)F)CCC12. The molecule has 3 aliphatic rings. The minimum atomic E-state index is -6.73. The largest absolute Gasteiger partial charge is 0.494 e. The molecule has 1 aromatic carbocycles.